The maximum atomic E-state index is 6.36. The van der Waals surface area contributed by atoms with Crippen molar-refractivity contribution in [3.05, 3.63) is 41.7 Å². The number of benzene rings is 1. The first-order valence-electron chi connectivity index (χ1n) is 13.4. The second-order valence-electron chi connectivity index (χ2n) is 12.4. The van der Waals surface area contributed by atoms with Crippen molar-refractivity contribution < 1.29 is 4.74 Å². The summed E-state index contributed by atoms with van der Waals surface area (Å²) in [4.78, 5) is 10.1. The van der Waals surface area contributed by atoms with Crippen LogP contribution in [0.1, 0.15) is 89.2 Å². The van der Waals surface area contributed by atoms with Crippen LogP contribution >= 0.6 is 0 Å². The van der Waals surface area contributed by atoms with Gasteiger partial charge in [-0.1, -0.05) is 45.9 Å². The molecule has 6 aliphatic rings. The molecule has 2 heterocycles. The Labute approximate surface area is 200 Å². The molecule has 7 rings (SSSR count). The smallest absolute Gasteiger partial charge is 0.190 e. The van der Waals surface area contributed by atoms with Gasteiger partial charge in [-0.15, -0.1) is 0 Å². The van der Waals surface area contributed by atoms with Gasteiger partial charge in [-0.2, -0.15) is 0 Å². The molecule has 0 unspecified atom stereocenters. The summed E-state index contributed by atoms with van der Waals surface area (Å²) in [6.07, 6.45) is 13.0. The summed E-state index contributed by atoms with van der Waals surface area (Å²) in [6, 6.07) is 7.09. The highest BCUT2D eigenvalue weighted by Gasteiger charge is 2.55. The van der Waals surface area contributed by atoms with E-state index in [9.17, 15) is 0 Å². The lowest BCUT2D eigenvalue weighted by atomic mass is 9.49. The highest BCUT2D eigenvalue weighted by atomic mass is 16.5. The fraction of sp³-hybridized carbons (Fsp3) is 0.690. The van der Waals surface area contributed by atoms with Crippen LogP contribution in [-0.4, -0.2) is 36.7 Å². The molecule has 4 fully saturated rings. The number of nitrogens with zero attached hydrogens (tertiary/aromatic N) is 3. The Kier molecular flexibility index (Phi) is 5.27. The minimum Gasteiger partial charge on any atom is -0.478 e. The fourth-order valence-corrected chi connectivity index (χ4v) is 8.01. The average Bonchev–Trinajstić information content (AvgIpc) is 3.42. The molecule has 1 aromatic rings. The molecule has 178 valence electrons. The summed E-state index contributed by atoms with van der Waals surface area (Å²) < 4.78 is 6.36. The van der Waals surface area contributed by atoms with Gasteiger partial charge in [0.2, 0.25) is 0 Å². The second-order valence-corrected chi connectivity index (χ2v) is 12.4. The third kappa shape index (κ3) is 3.78. The number of aliphatic imine (C=N–C) groups is 1. The van der Waals surface area contributed by atoms with Crippen LogP contribution in [0.3, 0.4) is 0 Å². The van der Waals surface area contributed by atoms with Crippen molar-refractivity contribution in [3.63, 3.8) is 0 Å². The van der Waals surface area contributed by atoms with Crippen molar-refractivity contribution in [3.8, 4) is 0 Å². The minimum atomic E-state index is 0.266. The van der Waals surface area contributed by atoms with Crippen molar-refractivity contribution in [2.24, 2.45) is 28.2 Å². The summed E-state index contributed by atoms with van der Waals surface area (Å²) in [5.41, 5.74) is 4.58. The highest BCUT2D eigenvalue weighted by molar-refractivity contribution is 5.84. The van der Waals surface area contributed by atoms with Crippen LogP contribution < -0.4 is 4.90 Å². The topological polar surface area (TPSA) is 28.1 Å². The Hall–Kier alpha value is -1.97. The van der Waals surface area contributed by atoms with Gasteiger partial charge in [0.25, 0.3) is 0 Å². The largest absolute Gasteiger partial charge is 0.478 e. The highest BCUT2D eigenvalue weighted by Crippen LogP contribution is 2.61. The third-order valence-electron chi connectivity index (χ3n) is 9.07. The Morgan fingerprint density at radius 2 is 1.55 bits per heavy atom. The molecule has 0 saturated heterocycles. The number of ether oxygens (including phenoxy) is 1. The standard InChI is InChI=1S/C29H41N3O/c1-19(2)25-6-5-7-26(20(3)4)27(25)32-9-8-31(18-32)16-24-17-33-28(30-24)29-13-21-10-22(14-29)12-23(11-21)15-29/h5-9,19-24H,10-18H2,1-4H3/t21?,22?,23?,24-,29?/m1/s1. The first-order chi connectivity index (χ1) is 15.9. The third-order valence-corrected chi connectivity index (χ3v) is 9.07. The lowest BCUT2D eigenvalue weighted by Gasteiger charge is -2.56. The first kappa shape index (κ1) is 21.6. The minimum absolute atomic E-state index is 0.266. The van der Waals surface area contributed by atoms with Gasteiger partial charge in [0.05, 0.1) is 6.67 Å². The first-order valence-corrected chi connectivity index (χ1v) is 13.4. The van der Waals surface area contributed by atoms with Crippen LogP contribution in [0.4, 0.5) is 5.69 Å². The van der Waals surface area contributed by atoms with Crippen molar-refractivity contribution >= 4 is 11.6 Å². The van der Waals surface area contributed by atoms with E-state index >= 15 is 0 Å². The maximum absolute atomic E-state index is 6.36. The fourth-order valence-electron chi connectivity index (χ4n) is 8.01. The van der Waals surface area contributed by atoms with Gasteiger partial charge < -0.3 is 14.5 Å². The van der Waals surface area contributed by atoms with Crippen molar-refractivity contribution in [1.82, 2.24) is 4.90 Å². The zero-order valence-electron chi connectivity index (χ0n) is 21.0. The Bertz CT molecular complexity index is 900. The van der Waals surface area contributed by atoms with Crippen molar-refractivity contribution in [2.75, 3.05) is 24.7 Å². The number of hydrogen-bond donors (Lipinski definition) is 0. The monoisotopic (exact) mass is 447 g/mol. The maximum Gasteiger partial charge on any atom is 0.190 e. The van der Waals surface area contributed by atoms with Gasteiger partial charge in [-0.25, -0.2) is 4.99 Å². The zero-order valence-corrected chi connectivity index (χ0v) is 21.0. The number of anilines is 1. The summed E-state index contributed by atoms with van der Waals surface area (Å²) in [7, 11) is 0. The quantitative estimate of drug-likeness (QED) is 0.498. The van der Waals surface area contributed by atoms with Crippen LogP contribution in [0.5, 0.6) is 0 Å². The molecular formula is C29H41N3O. The van der Waals surface area contributed by atoms with Gasteiger partial charge in [0, 0.05) is 30.0 Å². The molecule has 2 aliphatic heterocycles. The van der Waals surface area contributed by atoms with Gasteiger partial charge in [0.15, 0.2) is 5.90 Å². The summed E-state index contributed by atoms with van der Waals surface area (Å²) in [6.45, 7) is 11.8. The van der Waals surface area contributed by atoms with Crippen molar-refractivity contribution in [2.45, 2.75) is 84.1 Å². The van der Waals surface area contributed by atoms with Crippen LogP contribution in [0.25, 0.3) is 0 Å². The van der Waals surface area contributed by atoms with Gasteiger partial charge in [0.1, 0.15) is 12.6 Å². The Morgan fingerprint density at radius 3 is 2.12 bits per heavy atom. The molecule has 4 heteroatoms. The molecule has 1 atom stereocenters. The van der Waals surface area contributed by atoms with Gasteiger partial charge in [-0.05, 0) is 79.2 Å². The van der Waals surface area contributed by atoms with Crippen molar-refractivity contribution in [1.29, 1.82) is 0 Å². The van der Waals surface area contributed by atoms with E-state index in [1.807, 2.05) is 0 Å². The number of hydrogen-bond acceptors (Lipinski definition) is 4. The predicted molar refractivity (Wildman–Crippen MR) is 136 cm³/mol. The SMILES string of the molecule is CC(C)c1cccc(C(C)C)c1N1C=CN(C[C@@H]2COC(C34CC5CC(CC(C5)C3)C4)=N2)C1. The molecule has 0 radical (unpaired) electrons. The van der Waals surface area contributed by atoms with Gasteiger partial charge in [-0.3, -0.25) is 0 Å². The molecule has 1 aromatic carbocycles. The molecule has 4 aliphatic carbocycles. The van der Waals surface area contributed by atoms with E-state index in [1.54, 1.807) is 0 Å². The molecule has 4 saturated carbocycles. The molecule has 33 heavy (non-hydrogen) atoms. The number of para-hydroxylation sites is 1. The second kappa shape index (κ2) is 8.06. The lowest BCUT2D eigenvalue weighted by molar-refractivity contribution is -0.0226. The zero-order chi connectivity index (χ0) is 22.7. The summed E-state index contributed by atoms with van der Waals surface area (Å²) in [5, 5.41) is 0. The molecule has 4 nitrogen and oxygen atoms in total. The van der Waals surface area contributed by atoms with Gasteiger partial charge >= 0.3 is 0 Å². The summed E-state index contributed by atoms with van der Waals surface area (Å²) >= 11 is 0. The van der Waals surface area contributed by atoms with Crippen LogP contribution in [0.15, 0.2) is 35.6 Å². The van der Waals surface area contributed by atoms with E-state index < -0.39 is 0 Å². The number of rotatable bonds is 6. The Morgan fingerprint density at radius 1 is 0.939 bits per heavy atom. The Balaban J connectivity index is 1.15. The lowest BCUT2D eigenvalue weighted by Crippen LogP contribution is -2.50. The summed E-state index contributed by atoms with van der Waals surface area (Å²) in [5.74, 6) is 4.97. The van der Waals surface area contributed by atoms with E-state index in [4.69, 9.17) is 9.73 Å². The van der Waals surface area contributed by atoms with E-state index in [-0.39, 0.29) is 6.04 Å². The molecule has 0 spiro atoms. The van der Waals surface area contributed by atoms with E-state index in [1.165, 1.54) is 55.3 Å². The average molecular weight is 448 g/mol. The molecule has 0 amide bonds. The predicted octanol–water partition coefficient (Wildman–Crippen LogP) is 6.50. The molecule has 4 bridgehead atoms. The van der Waals surface area contributed by atoms with E-state index in [2.05, 4.69) is 68.1 Å². The molecule has 0 aromatic heterocycles. The van der Waals surface area contributed by atoms with E-state index in [0.717, 1.165) is 43.5 Å². The molecular weight excluding hydrogens is 406 g/mol. The van der Waals surface area contributed by atoms with Crippen LogP contribution in [-0.2, 0) is 4.74 Å². The van der Waals surface area contributed by atoms with Crippen LogP contribution in [0.2, 0.25) is 0 Å². The normalized spacial score (nSPS) is 34.7. The van der Waals surface area contributed by atoms with Crippen LogP contribution in [0, 0.1) is 23.2 Å². The molecule has 0 N–H and O–H groups in total. The van der Waals surface area contributed by atoms with E-state index in [0.29, 0.717) is 17.3 Å².